The maximum absolute atomic E-state index is 15.2. The standard InChI is InChI=1S/C74H89N7O9/c1-9-47-30-56-66(88-39-50-21-15-12-16-22-50)63(33-47)79-69(82)53-36-60(45(7)27-42(53)4)77-73(86)57-31-48(10-2)34-64(67(57)89-40-51-23-17-13-18-24-51)81-71(84)55-38-62(59(75)29-44(55)6)78-74(87)58-32-49(11-3)35-65(68(58)90-41-52-25-19-14-20-26-52)80-70(83)54-37-61(76-72(56)85)46(8)28-43(54)5/h12-26,30-35,42-46,53-55,59-62H,9-11,27-29,36-41,75H2,1-8H3,(H,76,85)(H,77,86)(H,78,87)(H,79,82)(H,80,83)(H,81,84)/t42-,43-,44-,45+,46+,53-,54-,55?,59+,60+,61+,62+/m1/s1. The van der Waals surface area contributed by atoms with Crippen LogP contribution >= 0.6 is 0 Å². The van der Waals surface area contributed by atoms with E-state index in [9.17, 15) is 0 Å². The van der Waals surface area contributed by atoms with Crippen molar-refractivity contribution in [3.63, 3.8) is 0 Å². The molecule has 0 aromatic heterocycles. The van der Waals surface area contributed by atoms with Gasteiger partial charge in [-0.1, -0.05) is 146 Å². The average molecular weight is 1220 g/mol. The summed E-state index contributed by atoms with van der Waals surface area (Å²) in [5, 5.41) is 19.6. The molecular formula is C74H89N7O9. The lowest BCUT2D eigenvalue weighted by molar-refractivity contribution is -0.123. The van der Waals surface area contributed by atoms with Crippen molar-refractivity contribution in [2.75, 3.05) is 16.0 Å². The number of aryl methyl sites for hydroxylation is 3. The van der Waals surface area contributed by atoms with Crippen LogP contribution in [-0.4, -0.2) is 59.6 Å². The summed E-state index contributed by atoms with van der Waals surface area (Å²) >= 11 is 0. The van der Waals surface area contributed by atoms with E-state index in [-0.39, 0.29) is 107 Å². The van der Waals surface area contributed by atoms with Gasteiger partial charge in [-0.15, -0.1) is 0 Å². The van der Waals surface area contributed by atoms with Crippen molar-refractivity contribution in [1.29, 1.82) is 0 Å². The number of nitrogens with one attached hydrogen (secondary N) is 6. The zero-order chi connectivity index (χ0) is 63.8. The van der Waals surface area contributed by atoms with Crippen molar-refractivity contribution < 1.29 is 43.0 Å². The molecule has 0 spiro atoms. The summed E-state index contributed by atoms with van der Waals surface area (Å²) in [6.07, 6.45) is 4.11. The van der Waals surface area contributed by atoms with E-state index in [0.717, 1.165) is 33.4 Å². The molecule has 6 aromatic carbocycles. The number of hydrogen-bond acceptors (Lipinski definition) is 10. The Morgan fingerprint density at radius 1 is 0.367 bits per heavy atom. The number of carbonyl (C=O) groups excluding carboxylic acids is 6. The lowest BCUT2D eigenvalue weighted by Crippen LogP contribution is -2.54. The van der Waals surface area contributed by atoms with Crippen molar-refractivity contribution in [2.24, 2.45) is 53.1 Å². The second kappa shape index (κ2) is 29.0. The molecule has 12 atom stereocenters. The molecule has 12 bridgehead atoms. The fourth-order valence-corrected chi connectivity index (χ4v) is 13.9. The van der Waals surface area contributed by atoms with E-state index in [4.69, 9.17) is 19.9 Å². The van der Waals surface area contributed by atoms with E-state index in [1.165, 1.54) is 0 Å². The summed E-state index contributed by atoms with van der Waals surface area (Å²) in [6.45, 7) is 16.5. The number of carbonyl (C=O) groups is 6. The van der Waals surface area contributed by atoms with Gasteiger partial charge in [-0.3, -0.25) is 28.8 Å². The molecule has 474 valence electrons. The SMILES string of the molecule is CCc1cc2c(OCc3ccccc3)c(c1)C(=O)N[C@H]1C[C@@H](C(=O)Nc3cc(CC)cc(c3OCc3ccccc3)C(=O)N[C@H]3C[C@@H](C(=O)Nc4cc(CC)cc(c4OCc4ccccc4)C(=O)N[C@H]4CC(C(=O)N2)[C@H](C)C[C@@H]4N)[C@H](C)C[C@@H]3C)[C@H](C)C[C@@H]1C. The summed E-state index contributed by atoms with van der Waals surface area (Å²) in [5.74, 6) is -3.73. The summed E-state index contributed by atoms with van der Waals surface area (Å²) in [5.41, 5.74) is 13.6. The Balaban J connectivity index is 1.07. The molecular weight excluding hydrogens is 1130 g/mol. The molecule has 16 nitrogen and oxygen atoms in total. The second-order valence-electron chi connectivity index (χ2n) is 25.9. The monoisotopic (exact) mass is 1220 g/mol. The topological polar surface area (TPSA) is 228 Å². The van der Waals surface area contributed by atoms with Crippen molar-refractivity contribution >= 4 is 52.5 Å². The molecule has 16 heteroatoms. The van der Waals surface area contributed by atoms with Gasteiger partial charge in [-0.05, 0) is 157 Å². The predicted octanol–water partition coefficient (Wildman–Crippen LogP) is 12.4. The van der Waals surface area contributed by atoms with Crippen LogP contribution < -0.4 is 51.8 Å². The molecule has 8 N–H and O–H groups in total. The number of fused-ring (bicyclic) bond motifs is 12. The highest BCUT2D eigenvalue weighted by Crippen LogP contribution is 2.42. The predicted molar refractivity (Wildman–Crippen MR) is 351 cm³/mol. The van der Waals surface area contributed by atoms with Crippen molar-refractivity contribution in [1.82, 2.24) is 16.0 Å². The molecule has 3 aliphatic carbocycles. The zero-order valence-electron chi connectivity index (χ0n) is 53.3. The molecule has 10 rings (SSSR count). The first-order chi connectivity index (χ1) is 43.4. The van der Waals surface area contributed by atoms with Crippen LogP contribution in [-0.2, 0) is 53.5 Å². The Kier molecular flexibility index (Phi) is 20.8. The Morgan fingerprint density at radius 3 is 0.967 bits per heavy atom. The molecule has 3 fully saturated rings. The van der Waals surface area contributed by atoms with Gasteiger partial charge < -0.3 is 51.8 Å². The van der Waals surface area contributed by atoms with Crippen molar-refractivity contribution in [2.45, 2.75) is 157 Å². The van der Waals surface area contributed by atoms with Crippen molar-refractivity contribution in [3.8, 4) is 17.2 Å². The number of ether oxygens (including phenoxy) is 3. The number of benzene rings is 6. The number of rotatable bonds is 12. The van der Waals surface area contributed by atoms with Crippen molar-refractivity contribution in [3.05, 3.63) is 177 Å². The Morgan fingerprint density at radius 2 is 0.656 bits per heavy atom. The molecule has 1 unspecified atom stereocenters. The normalized spacial score (nSPS) is 25.8. The van der Waals surface area contributed by atoms with Gasteiger partial charge in [-0.25, -0.2) is 0 Å². The first-order valence-corrected chi connectivity index (χ1v) is 32.5. The van der Waals surface area contributed by atoms with Gasteiger partial charge in [0, 0.05) is 41.9 Å². The number of nitrogens with two attached hydrogens (primary N) is 1. The summed E-state index contributed by atoms with van der Waals surface area (Å²) in [7, 11) is 0. The minimum Gasteiger partial charge on any atom is -0.486 e. The second-order valence-corrected chi connectivity index (χ2v) is 25.9. The zero-order valence-corrected chi connectivity index (χ0v) is 53.3. The molecule has 3 saturated carbocycles. The average Bonchev–Trinajstić information content (AvgIpc) is 1.79. The third kappa shape index (κ3) is 15.0. The maximum atomic E-state index is 15.2. The molecule has 1 aliphatic heterocycles. The molecule has 1 heterocycles. The van der Waals surface area contributed by atoms with Gasteiger partial charge in [0.15, 0.2) is 17.2 Å². The highest BCUT2D eigenvalue weighted by Gasteiger charge is 2.42. The van der Waals surface area contributed by atoms with E-state index in [2.05, 4.69) is 59.6 Å². The van der Waals surface area contributed by atoms with Crippen LogP contribution in [0.25, 0.3) is 0 Å². The van der Waals surface area contributed by atoms with Gasteiger partial charge in [-0.2, -0.15) is 0 Å². The van der Waals surface area contributed by atoms with Crippen LogP contribution in [0.5, 0.6) is 17.2 Å². The molecule has 0 saturated heterocycles. The lowest BCUT2D eigenvalue weighted by Gasteiger charge is -2.39. The third-order valence-corrected chi connectivity index (χ3v) is 19.4. The van der Waals surface area contributed by atoms with Crippen LogP contribution in [0.2, 0.25) is 0 Å². The van der Waals surface area contributed by atoms with E-state index < -0.39 is 59.6 Å². The van der Waals surface area contributed by atoms with Gasteiger partial charge in [0.1, 0.15) is 19.8 Å². The first-order valence-electron chi connectivity index (χ1n) is 32.5. The fraction of sp³-hybridized carbons (Fsp3) is 0.432. The first kappa shape index (κ1) is 64.5. The van der Waals surface area contributed by atoms with E-state index >= 15 is 28.8 Å². The lowest BCUT2D eigenvalue weighted by atomic mass is 9.72. The van der Waals surface area contributed by atoms with Gasteiger partial charge in [0.2, 0.25) is 17.7 Å². The third-order valence-electron chi connectivity index (χ3n) is 19.4. The Hall–Kier alpha value is -8.50. The maximum Gasteiger partial charge on any atom is 0.255 e. The van der Waals surface area contributed by atoms with Gasteiger partial charge in [0.05, 0.1) is 33.8 Å². The quantitative estimate of drug-likeness (QED) is 0.0613. The molecule has 0 radical (unpaired) electrons. The van der Waals surface area contributed by atoms with Crippen LogP contribution in [0.1, 0.15) is 158 Å². The molecule has 4 aliphatic rings. The van der Waals surface area contributed by atoms with Crippen LogP contribution in [0.15, 0.2) is 127 Å². The van der Waals surface area contributed by atoms with Crippen LogP contribution in [0.3, 0.4) is 0 Å². The highest BCUT2D eigenvalue weighted by molar-refractivity contribution is 6.05. The number of anilines is 3. The smallest absolute Gasteiger partial charge is 0.255 e. The largest absolute Gasteiger partial charge is 0.486 e. The summed E-state index contributed by atoms with van der Waals surface area (Å²) in [6, 6.07) is 37.7. The van der Waals surface area contributed by atoms with E-state index in [0.29, 0.717) is 68.4 Å². The minimum atomic E-state index is -0.655. The summed E-state index contributed by atoms with van der Waals surface area (Å²) in [4.78, 5) is 90.7. The molecule has 6 amide bonds. The Bertz CT molecular complexity index is 3190. The van der Waals surface area contributed by atoms with Gasteiger partial charge in [0.25, 0.3) is 17.7 Å². The number of hydrogen-bond donors (Lipinski definition) is 7. The van der Waals surface area contributed by atoms with E-state index in [1.54, 1.807) is 6.07 Å². The van der Waals surface area contributed by atoms with E-state index in [1.807, 2.05) is 149 Å². The molecule has 90 heavy (non-hydrogen) atoms. The summed E-state index contributed by atoms with van der Waals surface area (Å²) < 4.78 is 20.0. The number of amides is 6. The fourth-order valence-electron chi connectivity index (χ4n) is 13.9. The van der Waals surface area contributed by atoms with Crippen LogP contribution in [0.4, 0.5) is 17.1 Å². The Labute approximate surface area is 530 Å². The van der Waals surface area contributed by atoms with Gasteiger partial charge >= 0.3 is 0 Å². The highest BCUT2D eigenvalue weighted by atomic mass is 16.5. The van der Waals surface area contributed by atoms with Crippen LogP contribution in [0, 0.1) is 47.3 Å². The molecule has 6 aromatic rings. The minimum absolute atomic E-state index is 0.0257.